The molecule has 3 N–H and O–H groups in total. The molecule has 0 fully saturated rings. The monoisotopic (exact) mass is 1350 g/mol. The van der Waals surface area contributed by atoms with Crippen LogP contribution < -0.4 is 0 Å². The minimum Gasteiger partial charge on any atom is -0.462 e. The quantitative estimate of drug-likeness (QED) is 0.0222. The fourth-order valence-electron chi connectivity index (χ4n) is 11.1. The van der Waals surface area contributed by atoms with Crippen LogP contribution in [0.1, 0.15) is 375 Å². The molecule has 2 unspecified atom stereocenters. The van der Waals surface area contributed by atoms with Gasteiger partial charge in [-0.1, -0.05) is 324 Å². The second-order valence-electron chi connectivity index (χ2n) is 27.3. The molecule has 0 aliphatic carbocycles. The van der Waals surface area contributed by atoms with Gasteiger partial charge in [-0.3, -0.25) is 37.3 Å². The van der Waals surface area contributed by atoms with Crippen LogP contribution in [0.4, 0.5) is 0 Å². The maximum Gasteiger partial charge on any atom is 0.472 e. The molecule has 546 valence electrons. The fraction of sp³-hybridized carbons (Fsp3) is 0.945. The van der Waals surface area contributed by atoms with Gasteiger partial charge in [0.05, 0.1) is 26.4 Å². The Morgan fingerprint density at radius 3 is 0.739 bits per heavy atom. The molecule has 5 atom stereocenters. The summed E-state index contributed by atoms with van der Waals surface area (Å²) in [5.74, 6) is -0.508. The van der Waals surface area contributed by atoms with Crippen molar-refractivity contribution in [2.75, 3.05) is 39.6 Å². The number of esters is 4. The van der Waals surface area contributed by atoms with Crippen molar-refractivity contribution in [3.05, 3.63) is 0 Å². The third-order valence-corrected chi connectivity index (χ3v) is 18.9. The highest BCUT2D eigenvalue weighted by Crippen LogP contribution is 2.45. The summed E-state index contributed by atoms with van der Waals surface area (Å²) < 4.78 is 68.1. The van der Waals surface area contributed by atoms with Gasteiger partial charge in [0.1, 0.15) is 19.3 Å². The normalized spacial score (nSPS) is 14.1. The van der Waals surface area contributed by atoms with Gasteiger partial charge in [-0.2, -0.15) is 0 Å². The van der Waals surface area contributed by atoms with Crippen LogP contribution in [0.25, 0.3) is 0 Å². The van der Waals surface area contributed by atoms with Crippen LogP contribution in [0.15, 0.2) is 0 Å². The van der Waals surface area contributed by atoms with Gasteiger partial charge in [0, 0.05) is 25.7 Å². The van der Waals surface area contributed by atoms with Crippen LogP contribution in [0.5, 0.6) is 0 Å². The van der Waals surface area contributed by atoms with E-state index in [0.29, 0.717) is 25.7 Å². The maximum absolute atomic E-state index is 13.1. The third kappa shape index (κ3) is 66.7. The van der Waals surface area contributed by atoms with Crippen molar-refractivity contribution in [1.29, 1.82) is 0 Å². The van der Waals surface area contributed by atoms with E-state index in [-0.39, 0.29) is 25.7 Å². The molecule has 0 aromatic heterocycles. The van der Waals surface area contributed by atoms with Crippen LogP contribution in [0.2, 0.25) is 0 Å². The van der Waals surface area contributed by atoms with Crippen molar-refractivity contribution in [3.8, 4) is 0 Å². The highest BCUT2D eigenvalue weighted by atomic mass is 31.2. The number of carbonyl (C=O) groups is 4. The Morgan fingerprint density at radius 1 is 0.293 bits per heavy atom. The highest BCUT2D eigenvalue weighted by Gasteiger charge is 2.30. The van der Waals surface area contributed by atoms with E-state index in [0.717, 1.165) is 127 Å². The lowest BCUT2D eigenvalue weighted by atomic mass is 10.0. The summed E-state index contributed by atoms with van der Waals surface area (Å²) in [6, 6.07) is 0. The zero-order valence-corrected chi connectivity index (χ0v) is 61.6. The number of hydrogen-bond donors (Lipinski definition) is 3. The molecule has 17 nitrogen and oxygen atoms in total. The lowest BCUT2D eigenvalue weighted by molar-refractivity contribution is -0.161. The van der Waals surface area contributed by atoms with Crippen LogP contribution in [0.3, 0.4) is 0 Å². The molecule has 0 spiro atoms. The summed E-state index contributed by atoms with van der Waals surface area (Å²) >= 11 is 0. The fourth-order valence-corrected chi connectivity index (χ4v) is 12.7. The van der Waals surface area contributed by atoms with Crippen LogP contribution in [-0.2, 0) is 65.4 Å². The zero-order valence-electron chi connectivity index (χ0n) is 59.9. The van der Waals surface area contributed by atoms with Gasteiger partial charge in [-0.15, -0.1) is 0 Å². The van der Waals surface area contributed by atoms with Gasteiger partial charge < -0.3 is 33.8 Å². The van der Waals surface area contributed by atoms with Gasteiger partial charge in [0.15, 0.2) is 12.2 Å². The molecule has 92 heavy (non-hydrogen) atoms. The Kier molecular flexibility index (Phi) is 63.7. The molecule has 0 aromatic carbocycles. The predicted molar refractivity (Wildman–Crippen MR) is 372 cm³/mol. The molecule has 0 amide bonds. The Balaban J connectivity index is 5.12. The molecule has 0 saturated heterocycles. The Morgan fingerprint density at radius 2 is 0.500 bits per heavy atom. The lowest BCUT2D eigenvalue weighted by Crippen LogP contribution is -2.30. The van der Waals surface area contributed by atoms with Crippen LogP contribution in [-0.4, -0.2) is 96.7 Å². The van der Waals surface area contributed by atoms with Crippen molar-refractivity contribution in [2.24, 2.45) is 11.8 Å². The Labute approximate surface area is 562 Å². The molecule has 0 aromatic rings. The summed E-state index contributed by atoms with van der Waals surface area (Å²) in [6.45, 7) is 9.54. The van der Waals surface area contributed by atoms with Gasteiger partial charge in [-0.05, 0) is 37.5 Å². The van der Waals surface area contributed by atoms with Gasteiger partial charge in [0.25, 0.3) is 0 Å². The van der Waals surface area contributed by atoms with Crippen molar-refractivity contribution < 1.29 is 80.2 Å². The molecule has 19 heteroatoms. The topological polar surface area (TPSA) is 237 Å². The first-order valence-electron chi connectivity index (χ1n) is 38.0. The first kappa shape index (κ1) is 90.1. The minimum absolute atomic E-state index is 0.103. The zero-order chi connectivity index (χ0) is 67.9. The number of phosphoric acid groups is 2. The summed E-state index contributed by atoms with van der Waals surface area (Å²) in [4.78, 5) is 72.3. The Hall–Kier alpha value is -1.94. The highest BCUT2D eigenvalue weighted by molar-refractivity contribution is 7.47. The second-order valence-corrected chi connectivity index (χ2v) is 30.2. The Bertz CT molecular complexity index is 1790. The van der Waals surface area contributed by atoms with Crippen LogP contribution >= 0.6 is 15.6 Å². The average molecular weight is 1350 g/mol. The molecule has 0 bridgehead atoms. The summed E-state index contributed by atoms with van der Waals surface area (Å²) in [5.41, 5.74) is 0. The van der Waals surface area contributed by atoms with Crippen molar-refractivity contribution in [3.63, 3.8) is 0 Å². The standard InChI is InChI=1S/C73H142O17P2/c1-7-9-11-13-35-43-49-55-70(75)83-61-68(89-72(77)57-51-45-36-14-12-10-8-2)63-87-91(79,80)85-59-67(74)60-86-92(81,82)88-64-69(90-73(78)58-52-46-40-34-30-26-22-18-16-20-24-28-32-38-42-48-54-66(5)6)62-84-71(76)56-50-44-39-33-29-25-21-17-15-19-23-27-31-37-41-47-53-65(3)4/h65-69,74H,7-64H2,1-6H3,(H,79,80)(H,81,82)/t67-,68+,69+/m0/s1. The number of ether oxygens (including phenoxy) is 4. The third-order valence-electron chi connectivity index (χ3n) is 17.0. The van der Waals surface area contributed by atoms with E-state index in [9.17, 15) is 43.2 Å². The van der Waals surface area contributed by atoms with Crippen LogP contribution in [0, 0.1) is 11.8 Å². The number of rotatable bonds is 72. The number of hydrogen-bond acceptors (Lipinski definition) is 15. The van der Waals surface area contributed by atoms with Gasteiger partial charge >= 0.3 is 39.5 Å². The second kappa shape index (κ2) is 65.0. The summed E-state index contributed by atoms with van der Waals surface area (Å²) in [5, 5.41) is 10.6. The maximum atomic E-state index is 13.1. The molecular weight excluding hydrogens is 1210 g/mol. The van der Waals surface area contributed by atoms with E-state index in [2.05, 4.69) is 41.5 Å². The molecule has 0 radical (unpaired) electrons. The largest absolute Gasteiger partial charge is 0.472 e. The molecular formula is C73H142O17P2. The predicted octanol–water partition coefficient (Wildman–Crippen LogP) is 21.2. The number of unbranched alkanes of at least 4 members (excludes halogenated alkanes) is 42. The number of carbonyl (C=O) groups excluding carboxylic acids is 4. The summed E-state index contributed by atoms with van der Waals surface area (Å²) in [7, 11) is -9.89. The minimum atomic E-state index is -4.95. The first-order valence-corrected chi connectivity index (χ1v) is 41.0. The smallest absolute Gasteiger partial charge is 0.462 e. The lowest BCUT2D eigenvalue weighted by Gasteiger charge is -2.21. The van der Waals surface area contributed by atoms with Crippen molar-refractivity contribution >= 4 is 39.5 Å². The van der Waals surface area contributed by atoms with E-state index in [1.165, 1.54) is 167 Å². The van der Waals surface area contributed by atoms with Crippen molar-refractivity contribution in [2.45, 2.75) is 394 Å². The van der Waals surface area contributed by atoms with Gasteiger partial charge in [-0.25, -0.2) is 9.13 Å². The van der Waals surface area contributed by atoms with E-state index in [4.69, 9.17) is 37.0 Å². The number of aliphatic hydroxyl groups is 1. The van der Waals surface area contributed by atoms with E-state index < -0.39 is 97.5 Å². The number of aliphatic hydroxyl groups excluding tert-OH is 1. The molecule has 0 saturated carbocycles. The van der Waals surface area contributed by atoms with E-state index in [1.807, 2.05) is 0 Å². The van der Waals surface area contributed by atoms with Crippen molar-refractivity contribution in [1.82, 2.24) is 0 Å². The first-order chi connectivity index (χ1) is 44.4. The van der Waals surface area contributed by atoms with E-state index >= 15 is 0 Å². The number of phosphoric ester groups is 2. The molecule has 0 heterocycles. The average Bonchev–Trinajstić information content (AvgIpc) is 1.75. The van der Waals surface area contributed by atoms with E-state index in [1.54, 1.807) is 0 Å². The summed E-state index contributed by atoms with van der Waals surface area (Å²) in [6.07, 6.45) is 51.8. The molecule has 0 rings (SSSR count). The molecule has 0 aliphatic rings. The molecule has 0 aliphatic heterocycles. The SMILES string of the molecule is CCCCCCCCCC(=O)OC[C@H](COP(=O)(O)OC[C@H](O)COP(=O)(O)OC[C@@H](COC(=O)CCCCCCCCCCCCCCCCCCC(C)C)OC(=O)CCCCCCCCCCCCCCCCCCC(C)C)OC(=O)CCCCCCCCC. The van der Waals surface area contributed by atoms with Gasteiger partial charge in [0.2, 0.25) is 0 Å².